The maximum atomic E-state index is 12.2. The SMILES string of the molecule is N=C=C1C(=S)NC(O)(c2ccccc2)C(c2nc3ccccc3s2)C1c1ccccc1Cl. The van der Waals surface area contributed by atoms with E-state index in [4.69, 9.17) is 34.2 Å². The van der Waals surface area contributed by atoms with E-state index in [0.717, 1.165) is 20.8 Å². The van der Waals surface area contributed by atoms with Crippen molar-refractivity contribution >= 4 is 56.2 Å². The fourth-order valence-electron chi connectivity index (χ4n) is 4.35. The standard InChI is InChI=1S/C25H18ClN3OS2/c26-18-11-5-4-10-16(18)21-17(14-27)23(31)29-25(30,15-8-2-1-3-9-15)22(21)24-28-19-12-6-7-13-20(19)32-24/h1-13,21-22,27,30H,(H,29,31). The van der Waals surface area contributed by atoms with E-state index in [-0.39, 0.29) is 4.99 Å². The van der Waals surface area contributed by atoms with Crippen LogP contribution in [0.5, 0.6) is 0 Å². The van der Waals surface area contributed by atoms with Gasteiger partial charge in [0, 0.05) is 16.5 Å². The molecule has 1 fully saturated rings. The lowest BCUT2D eigenvalue weighted by molar-refractivity contribution is -0.0186. The van der Waals surface area contributed by atoms with Crippen molar-refractivity contribution in [2.45, 2.75) is 17.6 Å². The van der Waals surface area contributed by atoms with E-state index in [0.29, 0.717) is 16.2 Å². The Labute approximate surface area is 199 Å². The molecule has 3 N–H and O–H groups in total. The Hall–Kier alpha value is -2.86. The number of thiazole rings is 1. The summed E-state index contributed by atoms with van der Waals surface area (Å²) in [6, 6.07) is 24.7. The van der Waals surface area contributed by atoms with Crippen LogP contribution in [0.2, 0.25) is 5.02 Å². The summed E-state index contributed by atoms with van der Waals surface area (Å²) >= 11 is 13.8. The molecule has 1 aliphatic heterocycles. The number of hydrogen-bond acceptors (Lipinski definition) is 5. The second-order valence-electron chi connectivity index (χ2n) is 7.62. The lowest BCUT2D eigenvalue weighted by atomic mass is 9.70. The second kappa shape index (κ2) is 8.24. The van der Waals surface area contributed by atoms with Crippen LogP contribution in [0.25, 0.3) is 10.2 Å². The Balaban J connectivity index is 1.82. The van der Waals surface area contributed by atoms with Crippen molar-refractivity contribution in [2.75, 3.05) is 0 Å². The normalized spacial score (nSPS) is 23.1. The van der Waals surface area contributed by atoms with E-state index in [9.17, 15) is 5.11 Å². The first-order valence-electron chi connectivity index (χ1n) is 10.0. The molecule has 0 spiro atoms. The molecule has 4 nitrogen and oxygen atoms in total. The molecule has 7 heteroatoms. The van der Waals surface area contributed by atoms with Crippen LogP contribution in [0.1, 0.15) is 28.0 Å². The summed E-state index contributed by atoms with van der Waals surface area (Å²) in [6.07, 6.45) is 0. The number of aliphatic hydroxyl groups is 1. The lowest BCUT2D eigenvalue weighted by Crippen LogP contribution is -2.56. The van der Waals surface area contributed by atoms with Crippen LogP contribution in [0.4, 0.5) is 0 Å². The molecule has 0 radical (unpaired) electrons. The molecule has 2 heterocycles. The van der Waals surface area contributed by atoms with Crippen LogP contribution in [0, 0.1) is 5.41 Å². The first-order valence-corrected chi connectivity index (χ1v) is 11.6. The van der Waals surface area contributed by atoms with Crippen LogP contribution in [-0.2, 0) is 5.72 Å². The van der Waals surface area contributed by atoms with Gasteiger partial charge in [-0.1, -0.05) is 84.5 Å². The summed E-state index contributed by atoms with van der Waals surface area (Å²) in [5, 5.41) is 24.6. The van der Waals surface area contributed by atoms with Crippen molar-refractivity contribution in [3.8, 4) is 0 Å². The third-order valence-corrected chi connectivity index (χ3v) is 7.59. The third-order valence-electron chi connectivity index (χ3n) is 5.81. The summed E-state index contributed by atoms with van der Waals surface area (Å²) in [4.78, 5) is 5.16. The molecule has 4 aromatic rings. The topological polar surface area (TPSA) is 69.0 Å². The first-order chi connectivity index (χ1) is 15.5. The lowest BCUT2D eigenvalue weighted by Gasteiger charge is -2.46. The van der Waals surface area contributed by atoms with Crippen molar-refractivity contribution in [2.24, 2.45) is 0 Å². The Bertz CT molecular complexity index is 1350. The van der Waals surface area contributed by atoms with Gasteiger partial charge in [0.1, 0.15) is 10.00 Å². The molecule has 0 amide bonds. The fourth-order valence-corrected chi connectivity index (χ4v) is 6.11. The Kier molecular flexibility index (Phi) is 5.41. The van der Waals surface area contributed by atoms with Gasteiger partial charge in [-0.2, -0.15) is 0 Å². The van der Waals surface area contributed by atoms with E-state index in [1.807, 2.05) is 72.8 Å². The van der Waals surface area contributed by atoms with Crippen LogP contribution in [-0.4, -0.2) is 20.9 Å². The number of hydrogen-bond donors (Lipinski definition) is 3. The zero-order chi connectivity index (χ0) is 22.3. The minimum atomic E-state index is -1.56. The quantitative estimate of drug-likeness (QED) is 0.200. The Morgan fingerprint density at radius 2 is 1.72 bits per heavy atom. The van der Waals surface area contributed by atoms with Crippen LogP contribution in [0.15, 0.2) is 84.4 Å². The minimum Gasteiger partial charge on any atom is -0.366 e. The molecule has 0 aliphatic carbocycles. The monoisotopic (exact) mass is 475 g/mol. The number of fused-ring (bicyclic) bond motifs is 1. The van der Waals surface area contributed by atoms with Gasteiger partial charge < -0.3 is 10.4 Å². The highest BCUT2D eigenvalue weighted by atomic mass is 35.5. The van der Waals surface area contributed by atoms with E-state index < -0.39 is 17.6 Å². The zero-order valence-electron chi connectivity index (χ0n) is 16.7. The molecule has 5 rings (SSSR count). The number of benzene rings is 3. The highest BCUT2D eigenvalue weighted by molar-refractivity contribution is 7.80. The van der Waals surface area contributed by atoms with Crippen molar-refractivity contribution < 1.29 is 5.11 Å². The van der Waals surface area contributed by atoms with Crippen molar-refractivity contribution in [3.63, 3.8) is 0 Å². The van der Waals surface area contributed by atoms with Crippen LogP contribution >= 0.6 is 35.2 Å². The summed E-state index contributed by atoms with van der Waals surface area (Å²) in [6.45, 7) is 0. The number of nitrogens with zero attached hydrogens (tertiary/aromatic N) is 1. The highest BCUT2D eigenvalue weighted by Crippen LogP contribution is 2.53. The Morgan fingerprint density at radius 3 is 2.44 bits per heavy atom. The second-order valence-corrected chi connectivity index (χ2v) is 9.50. The summed E-state index contributed by atoms with van der Waals surface area (Å²) in [5.41, 5.74) is 1.20. The number of rotatable bonds is 3. The van der Waals surface area contributed by atoms with Gasteiger partial charge in [0.05, 0.1) is 21.7 Å². The molecule has 0 bridgehead atoms. The molecule has 1 aromatic heterocycles. The van der Waals surface area contributed by atoms with Gasteiger partial charge in [0.2, 0.25) is 0 Å². The van der Waals surface area contributed by atoms with Gasteiger partial charge in [-0.05, 0) is 29.6 Å². The zero-order valence-corrected chi connectivity index (χ0v) is 19.1. The molecule has 3 unspecified atom stereocenters. The van der Waals surface area contributed by atoms with Crippen LogP contribution < -0.4 is 5.32 Å². The number of halogens is 1. The van der Waals surface area contributed by atoms with Gasteiger partial charge in [-0.3, -0.25) is 5.41 Å². The van der Waals surface area contributed by atoms with E-state index in [1.54, 1.807) is 6.07 Å². The predicted octanol–water partition coefficient (Wildman–Crippen LogP) is 5.77. The van der Waals surface area contributed by atoms with Gasteiger partial charge in [0.15, 0.2) is 5.72 Å². The maximum absolute atomic E-state index is 12.2. The largest absolute Gasteiger partial charge is 0.366 e. The van der Waals surface area contributed by atoms with Gasteiger partial charge >= 0.3 is 0 Å². The fraction of sp³-hybridized carbons (Fsp3) is 0.120. The molecule has 0 saturated carbocycles. The average molecular weight is 476 g/mol. The Morgan fingerprint density at radius 1 is 1.03 bits per heavy atom. The average Bonchev–Trinajstić information content (AvgIpc) is 3.23. The molecular weight excluding hydrogens is 458 g/mol. The predicted molar refractivity (Wildman–Crippen MR) is 134 cm³/mol. The van der Waals surface area contributed by atoms with Gasteiger partial charge in [-0.15, -0.1) is 11.3 Å². The number of nitrogens with one attached hydrogen (secondary N) is 2. The number of piperidine rings is 1. The molecule has 32 heavy (non-hydrogen) atoms. The number of thiocarbonyl (C=S) groups is 1. The number of aromatic nitrogens is 1. The summed E-state index contributed by atoms with van der Waals surface area (Å²) in [5.74, 6) is 1.41. The van der Waals surface area contributed by atoms with E-state index >= 15 is 0 Å². The van der Waals surface area contributed by atoms with Crippen molar-refractivity contribution in [1.82, 2.24) is 10.3 Å². The molecule has 158 valence electrons. The summed E-state index contributed by atoms with van der Waals surface area (Å²) < 4.78 is 1.02. The molecule has 1 saturated heterocycles. The molecule has 1 aliphatic rings. The van der Waals surface area contributed by atoms with Crippen molar-refractivity contribution in [3.05, 3.63) is 106 Å². The summed E-state index contributed by atoms with van der Waals surface area (Å²) in [7, 11) is 0. The van der Waals surface area contributed by atoms with Gasteiger partial charge in [0.25, 0.3) is 0 Å². The van der Waals surface area contributed by atoms with Crippen LogP contribution in [0.3, 0.4) is 0 Å². The van der Waals surface area contributed by atoms with Gasteiger partial charge in [-0.25, -0.2) is 4.98 Å². The number of para-hydroxylation sites is 1. The minimum absolute atomic E-state index is 0.272. The molecule has 3 atom stereocenters. The third kappa shape index (κ3) is 3.37. The first kappa shape index (κ1) is 21.0. The smallest absolute Gasteiger partial charge is 0.172 e. The van der Waals surface area contributed by atoms with E-state index in [2.05, 4.69) is 11.2 Å². The highest BCUT2D eigenvalue weighted by Gasteiger charge is 2.53. The van der Waals surface area contributed by atoms with E-state index in [1.165, 1.54) is 11.3 Å². The maximum Gasteiger partial charge on any atom is 0.172 e. The molecular formula is C25H18ClN3OS2. The molecule has 3 aromatic carbocycles. The van der Waals surface area contributed by atoms with Crippen molar-refractivity contribution in [1.29, 1.82) is 5.41 Å².